The van der Waals surface area contributed by atoms with Crippen LogP contribution in [0.25, 0.3) is 0 Å². The number of nitrogens with one attached hydrogen (secondary N) is 1. The van der Waals surface area contributed by atoms with Gasteiger partial charge in [-0.15, -0.1) is 0 Å². The predicted molar refractivity (Wildman–Crippen MR) is 81.8 cm³/mol. The van der Waals surface area contributed by atoms with Crippen LogP contribution in [-0.4, -0.2) is 31.0 Å². The van der Waals surface area contributed by atoms with E-state index in [-0.39, 0.29) is 30.7 Å². The molecule has 114 valence electrons. The fraction of sp³-hybridized carbons (Fsp3) is 0.467. The molecule has 2 rings (SSSR count). The minimum Gasteiger partial charge on any atom is -0.490 e. The van der Waals surface area contributed by atoms with Gasteiger partial charge in [0.15, 0.2) is 0 Å². The summed E-state index contributed by atoms with van der Waals surface area (Å²) in [6.07, 6.45) is 0.356. The van der Waals surface area contributed by atoms with E-state index < -0.39 is 0 Å². The van der Waals surface area contributed by atoms with Crippen LogP contribution >= 0.6 is 11.6 Å². The highest BCUT2D eigenvalue weighted by atomic mass is 35.5. The van der Waals surface area contributed by atoms with Crippen LogP contribution in [0.15, 0.2) is 18.2 Å². The van der Waals surface area contributed by atoms with Crippen molar-refractivity contribution in [2.45, 2.75) is 32.7 Å². The molecule has 1 aliphatic heterocycles. The van der Waals surface area contributed by atoms with E-state index in [1.54, 1.807) is 23.1 Å². The molecule has 1 aliphatic rings. The Morgan fingerprint density at radius 1 is 1.38 bits per heavy atom. The summed E-state index contributed by atoms with van der Waals surface area (Å²) in [4.78, 5) is 25.6. The normalized spacial score (nSPS) is 13.6. The lowest BCUT2D eigenvalue weighted by atomic mass is 10.2. The molecule has 0 fully saturated rings. The summed E-state index contributed by atoms with van der Waals surface area (Å²) in [6, 6.07) is 5.27. The van der Waals surface area contributed by atoms with E-state index >= 15 is 0 Å². The number of carbonyl (C=O) groups is 2. The summed E-state index contributed by atoms with van der Waals surface area (Å²) in [6.45, 7) is 4.69. The number of hydrogen-bond donors (Lipinski definition) is 1. The van der Waals surface area contributed by atoms with Gasteiger partial charge in [0.1, 0.15) is 12.4 Å². The summed E-state index contributed by atoms with van der Waals surface area (Å²) < 4.78 is 5.51. The Balaban J connectivity index is 2.01. The number of benzene rings is 1. The second-order valence-electron chi connectivity index (χ2n) is 5.23. The molecule has 1 aromatic rings. The molecule has 0 saturated heterocycles. The van der Waals surface area contributed by atoms with Crippen LogP contribution in [-0.2, 0) is 9.59 Å². The molecule has 0 bridgehead atoms. The summed E-state index contributed by atoms with van der Waals surface area (Å²) in [5, 5.41) is 3.32. The van der Waals surface area contributed by atoms with Crippen LogP contribution in [0.4, 0.5) is 5.69 Å². The first-order chi connectivity index (χ1) is 9.97. The van der Waals surface area contributed by atoms with Crippen LogP contribution in [0.3, 0.4) is 0 Å². The van der Waals surface area contributed by atoms with Crippen LogP contribution < -0.4 is 15.0 Å². The third-order valence-corrected chi connectivity index (χ3v) is 3.34. The number of halogens is 1. The number of fused-ring (bicyclic) bond motifs is 1. The summed E-state index contributed by atoms with van der Waals surface area (Å²) in [5.74, 6) is 0.435. The second kappa shape index (κ2) is 6.80. The van der Waals surface area contributed by atoms with Crippen LogP contribution in [0, 0.1) is 0 Å². The molecule has 1 heterocycles. The number of carbonyl (C=O) groups excluding carboxylic acids is 2. The van der Waals surface area contributed by atoms with Crippen LogP contribution in [0.1, 0.15) is 26.7 Å². The molecule has 0 aliphatic carbocycles. The van der Waals surface area contributed by atoms with E-state index in [1.165, 1.54) is 0 Å². The Bertz CT molecular complexity index is 546. The van der Waals surface area contributed by atoms with Gasteiger partial charge in [0.25, 0.3) is 0 Å². The van der Waals surface area contributed by atoms with Crippen molar-refractivity contribution in [3.05, 3.63) is 23.2 Å². The van der Waals surface area contributed by atoms with Crippen molar-refractivity contribution < 1.29 is 14.3 Å². The Morgan fingerprint density at radius 2 is 2.14 bits per heavy atom. The average molecular weight is 311 g/mol. The number of rotatable bonds is 4. The van der Waals surface area contributed by atoms with Gasteiger partial charge in [-0.2, -0.15) is 0 Å². The van der Waals surface area contributed by atoms with E-state index in [1.807, 2.05) is 13.8 Å². The molecule has 21 heavy (non-hydrogen) atoms. The SMILES string of the molecule is CC(C)NC(=O)CCC(=O)N1CCOc2ccc(Cl)cc21. The first-order valence-electron chi connectivity index (χ1n) is 6.99. The van der Waals surface area contributed by atoms with Gasteiger partial charge in [-0.25, -0.2) is 0 Å². The number of ether oxygens (including phenoxy) is 1. The Hall–Kier alpha value is -1.75. The lowest BCUT2D eigenvalue weighted by Crippen LogP contribution is -2.39. The van der Waals surface area contributed by atoms with Crippen molar-refractivity contribution >= 4 is 29.1 Å². The maximum Gasteiger partial charge on any atom is 0.227 e. The number of anilines is 1. The molecule has 6 heteroatoms. The zero-order valence-electron chi connectivity index (χ0n) is 12.2. The first-order valence-corrected chi connectivity index (χ1v) is 7.37. The Morgan fingerprint density at radius 3 is 2.86 bits per heavy atom. The fourth-order valence-electron chi connectivity index (χ4n) is 2.20. The maximum absolute atomic E-state index is 12.3. The van der Waals surface area contributed by atoms with Gasteiger partial charge in [-0.05, 0) is 32.0 Å². The van der Waals surface area contributed by atoms with Crippen molar-refractivity contribution in [3.8, 4) is 5.75 Å². The van der Waals surface area contributed by atoms with Crippen molar-refractivity contribution in [2.24, 2.45) is 0 Å². The molecule has 0 saturated carbocycles. The highest BCUT2D eigenvalue weighted by Crippen LogP contribution is 2.34. The summed E-state index contributed by atoms with van der Waals surface area (Å²) in [5.41, 5.74) is 0.669. The highest BCUT2D eigenvalue weighted by molar-refractivity contribution is 6.31. The van der Waals surface area contributed by atoms with E-state index in [0.717, 1.165) is 0 Å². The minimum atomic E-state index is -0.113. The molecular formula is C15H19ClN2O3. The molecule has 1 aromatic carbocycles. The Labute approximate surface area is 129 Å². The molecule has 0 radical (unpaired) electrons. The molecule has 5 nitrogen and oxygen atoms in total. The summed E-state index contributed by atoms with van der Waals surface area (Å²) >= 11 is 5.97. The van der Waals surface area contributed by atoms with E-state index in [0.29, 0.717) is 29.6 Å². The van der Waals surface area contributed by atoms with Gasteiger partial charge in [0.2, 0.25) is 11.8 Å². The van der Waals surface area contributed by atoms with Gasteiger partial charge in [-0.3, -0.25) is 9.59 Å². The number of amides is 2. The molecule has 0 spiro atoms. The maximum atomic E-state index is 12.3. The summed E-state index contributed by atoms with van der Waals surface area (Å²) in [7, 11) is 0. The second-order valence-corrected chi connectivity index (χ2v) is 5.66. The smallest absolute Gasteiger partial charge is 0.227 e. The van der Waals surface area contributed by atoms with Gasteiger partial charge in [0, 0.05) is 23.9 Å². The van der Waals surface area contributed by atoms with Crippen LogP contribution in [0.2, 0.25) is 5.02 Å². The molecular weight excluding hydrogens is 292 g/mol. The zero-order valence-corrected chi connectivity index (χ0v) is 12.9. The Kier molecular flexibility index (Phi) is 5.07. The first kappa shape index (κ1) is 15.6. The van der Waals surface area contributed by atoms with Crippen LogP contribution in [0.5, 0.6) is 5.75 Å². The zero-order chi connectivity index (χ0) is 15.4. The van der Waals surface area contributed by atoms with Crippen molar-refractivity contribution in [3.63, 3.8) is 0 Å². The lowest BCUT2D eigenvalue weighted by molar-refractivity contribution is -0.125. The molecule has 2 amide bonds. The van der Waals surface area contributed by atoms with Crippen molar-refractivity contribution in [2.75, 3.05) is 18.1 Å². The largest absolute Gasteiger partial charge is 0.490 e. The molecule has 0 aromatic heterocycles. The van der Waals surface area contributed by atoms with E-state index in [9.17, 15) is 9.59 Å². The average Bonchev–Trinajstić information content (AvgIpc) is 2.43. The number of nitrogens with zero attached hydrogens (tertiary/aromatic N) is 1. The highest BCUT2D eigenvalue weighted by Gasteiger charge is 2.24. The van der Waals surface area contributed by atoms with Gasteiger partial charge in [-0.1, -0.05) is 11.6 Å². The minimum absolute atomic E-state index is 0.0792. The standard InChI is InChI=1S/C15H19ClN2O3/c1-10(2)17-14(19)5-6-15(20)18-7-8-21-13-4-3-11(16)9-12(13)18/h3-4,9-10H,5-8H2,1-2H3,(H,17,19). The van der Waals surface area contributed by atoms with E-state index in [2.05, 4.69) is 5.32 Å². The monoisotopic (exact) mass is 310 g/mol. The van der Waals surface area contributed by atoms with Gasteiger partial charge in [0.05, 0.1) is 12.2 Å². The lowest BCUT2D eigenvalue weighted by Gasteiger charge is -2.29. The number of hydrogen-bond acceptors (Lipinski definition) is 3. The molecule has 0 atom stereocenters. The third-order valence-electron chi connectivity index (χ3n) is 3.10. The molecule has 1 N–H and O–H groups in total. The fourth-order valence-corrected chi connectivity index (χ4v) is 2.37. The predicted octanol–water partition coefficient (Wildman–Crippen LogP) is 2.37. The van der Waals surface area contributed by atoms with Crippen molar-refractivity contribution in [1.82, 2.24) is 5.32 Å². The third kappa shape index (κ3) is 4.11. The topological polar surface area (TPSA) is 58.6 Å². The molecule has 0 unspecified atom stereocenters. The van der Waals surface area contributed by atoms with Crippen molar-refractivity contribution in [1.29, 1.82) is 0 Å². The van der Waals surface area contributed by atoms with Gasteiger partial charge >= 0.3 is 0 Å². The quantitative estimate of drug-likeness (QED) is 0.929. The van der Waals surface area contributed by atoms with E-state index in [4.69, 9.17) is 16.3 Å². The van der Waals surface area contributed by atoms with Gasteiger partial charge < -0.3 is 15.0 Å².